The van der Waals surface area contributed by atoms with E-state index >= 15 is 0 Å². The molecule has 6 atom stereocenters. The lowest BCUT2D eigenvalue weighted by Crippen LogP contribution is -2.57. The lowest BCUT2D eigenvalue weighted by atomic mass is 9.85. The second-order valence-corrected chi connectivity index (χ2v) is 22.7. The number of aryl methyl sites for hydroxylation is 3. The van der Waals surface area contributed by atoms with Crippen molar-refractivity contribution in [2.45, 2.75) is 112 Å². The maximum Gasteiger partial charge on any atom is 0.287 e. The molecule has 0 saturated carbocycles. The smallest absolute Gasteiger partial charge is 0.287 e. The first-order valence-corrected chi connectivity index (χ1v) is 26.4. The van der Waals surface area contributed by atoms with Crippen molar-refractivity contribution in [1.82, 2.24) is 35.6 Å². The zero-order valence-electron chi connectivity index (χ0n) is 42.2. The number of furan rings is 1. The number of fused-ring (bicyclic) bond motifs is 4. The summed E-state index contributed by atoms with van der Waals surface area (Å²) in [5, 5.41) is 32.8. The molecule has 2 aliphatic rings. The normalized spacial score (nSPS) is 17.8. The number of hydrogen-bond acceptors (Lipinski definition) is 12. The Kier molecular flexibility index (Phi) is 14.5. The van der Waals surface area contributed by atoms with E-state index in [2.05, 4.69) is 58.4 Å². The van der Waals surface area contributed by atoms with Crippen molar-refractivity contribution in [1.29, 1.82) is 0 Å². The Morgan fingerprint density at radius 2 is 1.66 bits per heavy atom. The highest BCUT2D eigenvalue weighted by molar-refractivity contribution is 7.15. The predicted molar refractivity (Wildman–Crippen MR) is 285 cm³/mol. The molecule has 15 nitrogen and oxygen atoms in total. The topological polar surface area (TPSA) is 193 Å². The lowest BCUT2D eigenvalue weighted by Gasteiger charge is -2.35. The fourth-order valence-electron chi connectivity index (χ4n) is 9.43. The number of ether oxygens (including phenoxy) is 1. The van der Waals surface area contributed by atoms with Crippen LogP contribution in [0.5, 0.6) is 5.75 Å². The van der Waals surface area contributed by atoms with Crippen LogP contribution in [0.25, 0.3) is 26.4 Å². The molecular formula is C55H59ClN8O7S2. The number of carbonyl (C=O) groups excluding carboxylic acids is 4. The van der Waals surface area contributed by atoms with Gasteiger partial charge in [-0.1, -0.05) is 68.8 Å². The Hall–Kier alpha value is -6.66. The standard InChI is InChI=1S/C55H59ClN8O7S2/c1-28-20-21-72-48(28)36-12-10-34(11-13-36)31(4)58-51(67)42-24-39(65)27-63(42)53(69)49(55(7,8)9)60-52(68)44-23-37-22-40(18-19-43(37)71-44)70-29(2)26-57-45(66)25-41-50-62-61-33(6)64(50)54-46(30(3)32(5)73-54)47(59-41)35-14-16-38(56)17-15-35/h10-23,29,31,39,41-42,49,65H,24-27H2,1-9H3,(H,57,66)(H,58,67)(H,60,68)/t29-,31+,39-,41?,42+,49-/m1/s1. The van der Waals surface area contributed by atoms with Gasteiger partial charge in [0, 0.05) is 44.3 Å². The number of amides is 4. The molecule has 2 aliphatic heterocycles. The average Bonchev–Trinajstić information content (AvgIpc) is 4.19. The second-order valence-electron chi connectivity index (χ2n) is 20.1. The molecule has 3 aromatic carbocycles. The summed E-state index contributed by atoms with van der Waals surface area (Å²) >= 11 is 9.59. The van der Waals surface area contributed by atoms with E-state index in [0.29, 0.717) is 33.4 Å². The van der Waals surface area contributed by atoms with Crippen LogP contribution >= 0.6 is 34.3 Å². The average molecular weight is 1040 g/mol. The SMILES string of the molecule is Cc1ccsc1-c1ccc([C@H](C)NC(=O)[C@@H]2C[C@@H](O)CN2C(=O)[C@@H](NC(=O)c2cc3cc(O[C@H](C)CNC(=O)CC4N=C(c5ccc(Cl)cc5)c5c(sc(C)c5C)-n5c(C)nnc54)ccc3o2)C(C)(C)C)cc1. The van der Waals surface area contributed by atoms with E-state index in [0.717, 1.165) is 43.4 Å². The molecule has 1 saturated heterocycles. The summed E-state index contributed by atoms with van der Waals surface area (Å²) in [6.45, 7) is 17.5. The fourth-order valence-corrected chi connectivity index (χ4v) is 11.7. The third kappa shape index (κ3) is 10.7. The molecule has 4 aromatic heterocycles. The Morgan fingerprint density at radius 1 is 0.932 bits per heavy atom. The number of rotatable bonds is 14. The molecule has 0 aliphatic carbocycles. The summed E-state index contributed by atoms with van der Waals surface area (Å²) in [5.41, 5.74) is 6.56. The van der Waals surface area contributed by atoms with E-state index in [1.54, 1.807) is 46.9 Å². The highest BCUT2D eigenvalue weighted by Gasteiger charge is 2.45. The first-order chi connectivity index (χ1) is 34.7. The number of aliphatic imine (C=N–C) groups is 1. The quantitative estimate of drug-likeness (QED) is 0.0821. The van der Waals surface area contributed by atoms with Gasteiger partial charge in [-0.2, -0.15) is 0 Å². The Morgan fingerprint density at radius 3 is 2.36 bits per heavy atom. The monoisotopic (exact) mass is 1040 g/mol. The summed E-state index contributed by atoms with van der Waals surface area (Å²) < 4.78 is 14.2. The van der Waals surface area contributed by atoms with Crippen molar-refractivity contribution in [3.05, 3.63) is 139 Å². The molecule has 7 aromatic rings. The van der Waals surface area contributed by atoms with Gasteiger partial charge < -0.3 is 35.1 Å². The predicted octanol–water partition coefficient (Wildman–Crippen LogP) is 9.54. The second kappa shape index (κ2) is 20.7. The number of nitrogens with zero attached hydrogens (tertiary/aromatic N) is 5. The number of aromatic nitrogens is 3. The lowest BCUT2D eigenvalue weighted by molar-refractivity contribution is -0.142. The van der Waals surface area contributed by atoms with Crippen LogP contribution in [0.4, 0.5) is 0 Å². The number of carbonyl (C=O) groups is 4. The van der Waals surface area contributed by atoms with Crippen LogP contribution in [0.15, 0.2) is 93.7 Å². The molecule has 18 heteroatoms. The Balaban J connectivity index is 0.828. The highest BCUT2D eigenvalue weighted by atomic mass is 35.5. The Labute approximate surface area is 437 Å². The van der Waals surface area contributed by atoms with Crippen molar-refractivity contribution >= 4 is 74.6 Å². The number of thiophene rings is 2. The van der Waals surface area contributed by atoms with Crippen molar-refractivity contribution in [2.75, 3.05) is 13.1 Å². The number of nitrogens with one attached hydrogen (secondary N) is 3. The van der Waals surface area contributed by atoms with Crippen molar-refractivity contribution in [3.63, 3.8) is 0 Å². The van der Waals surface area contributed by atoms with Crippen molar-refractivity contribution in [3.8, 4) is 21.2 Å². The molecule has 380 valence electrons. The maximum atomic E-state index is 14.4. The number of aliphatic hydroxyl groups is 1. The van der Waals surface area contributed by atoms with E-state index in [-0.39, 0.29) is 49.5 Å². The zero-order chi connectivity index (χ0) is 52.0. The highest BCUT2D eigenvalue weighted by Crippen LogP contribution is 2.40. The van der Waals surface area contributed by atoms with Gasteiger partial charge in [-0.25, -0.2) is 0 Å². The number of hydrogen-bond donors (Lipinski definition) is 4. The molecule has 4 N–H and O–H groups in total. The molecule has 1 unspecified atom stereocenters. The molecular weight excluding hydrogens is 984 g/mol. The van der Waals surface area contributed by atoms with Crippen molar-refractivity contribution < 1.29 is 33.4 Å². The van der Waals surface area contributed by atoms with Gasteiger partial charge in [0.2, 0.25) is 17.7 Å². The zero-order valence-corrected chi connectivity index (χ0v) is 44.6. The molecule has 9 rings (SSSR count). The number of β-amino-alcohol motifs (C(OH)–C–C–N with tert-alkyl or cyclic N) is 1. The Bertz CT molecular complexity index is 3260. The van der Waals surface area contributed by atoms with Gasteiger partial charge in [0.25, 0.3) is 5.91 Å². The van der Waals surface area contributed by atoms with Crippen LogP contribution in [-0.2, 0) is 14.4 Å². The number of benzene rings is 3. The summed E-state index contributed by atoms with van der Waals surface area (Å²) in [5.74, 6) is 0.0125. The minimum absolute atomic E-state index is 0.0177. The van der Waals surface area contributed by atoms with E-state index in [1.165, 1.54) is 15.3 Å². The van der Waals surface area contributed by atoms with Gasteiger partial charge in [-0.15, -0.1) is 32.9 Å². The van der Waals surface area contributed by atoms with Gasteiger partial charge in [0.15, 0.2) is 11.6 Å². The first-order valence-electron chi connectivity index (χ1n) is 24.3. The van der Waals surface area contributed by atoms with Crippen LogP contribution in [-0.4, -0.2) is 91.5 Å². The molecule has 1 fully saturated rings. The van der Waals surface area contributed by atoms with Crippen LogP contribution in [0.3, 0.4) is 0 Å². The minimum atomic E-state index is -1.07. The molecule has 0 spiro atoms. The maximum absolute atomic E-state index is 14.4. The van der Waals surface area contributed by atoms with Crippen LogP contribution < -0.4 is 20.7 Å². The van der Waals surface area contributed by atoms with Crippen LogP contribution in [0, 0.1) is 33.1 Å². The van der Waals surface area contributed by atoms with E-state index in [9.17, 15) is 24.3 Å². The van der Waals surface area contributed by atoms with Crippen LogP contribution in [0.1, 0.15) is 114 Å². The molecule has 0 radical (unpaired) electrons. The molecule has 73 heavy (non-hydrogen) atoms. The summed E-state index contributed by atoms with van der Waals surface area (Å²) in [6, 6.07) is 21.4. The van der Waals surface area contributed by atoms with Gasteiger partial charge in [-0.3, -0.25) is 28.7 Å². The molecule has 0 bridgehead atoms. The number of likely N-dealkylation sites (tertiary alicyclic amines) is 1. The largest absolute Gasteiger partial charge is 0.489 e. The van der Waals surface area contributed by atoms with E-state index < -0.39 is 47.6 Å². The van der Waals surface area contributed by atoms with E-state index in [1.807, 2.05) is 94.6 Å². The van der Waals surface area contributed by atoms with Gasteiger partial charge >= 0.3 is 0 Å². The molecule has 6 heterocycles. The minimum Gasteiger partial charge on any atom is -0.489 e. The summed E-state index contributed by atoms with van der Waals surface area (Å²) in [4.78, 5) is 64.7. The van der Waals surface area contributed by atoms with Crippen molar-refractivity contribution in [2.24, 2.45) is 10.4 Å². The molecule has 4 amide bonds. The number of aliphatic hydroxyl groups excluding tert-OH is 1. The first kappa shape index (κ1) is 51.2. The fraction of sp³-hybridized carbons (Fsp3) is 0.364. The van der Waals surface area contributed by atoms with Gasteiger partial charge in [0.05, 0.1) is 30.8 Å². The van der Waals surface area contributed by atoms with Gasteiger partial charge in [-0.05, 0) is 117 Å². The summed E-state index contributed by atoms with van der Waals surface area (Å²) in [6.07, 6.45) is -1.29. The van der Waals surface area contributed by atoms with E-state index in [4.69, 9.17) is 25.7 Å². The summed E-state index contributed by atoms with van der Waals surface area (Å²) in [7, 11) is 0. The number of halogens is 1. The van der Waals surface area contributed by atoms with Gasteiger partial charge in [0.1, 0.15) is 46.4 Å². The third-order valence-corrected chi connectivity index (χ3v) is 16.0. The third-order valence-electron chi connectivity index (χ3n) is 13.5. The van der Waals surface area contributed by atoms with Crippen LogP contribution in [0.2, 0.25) is 5.02 Å².